The minimum atomic E-state index is -3.63. The van der Waals surface area contributed by atoms with E-state index in [4.69, 9.17) is 9.84 Å². The van der Waals surface area contributed by atoms with Crippen LogP contribution in [0.5, 0.6) is 0 Å². The zero-order chi connectivity index (χ0) is 14.0. The molecule has 8 heteroatoms. The van der Waals surface area contributed by atoms with E-state index in [1.165, 1.54) is 4.31 Å². The van der Waals surface area contributed by atoms with Gasteiger partial charge in [0.15, 0.2) is 0 Å². The number of rotatable bonds is 4. The van der Waals surface area contributed by atoms with Gasteiger partial charge >= 0.3 is 5.97 Å². The van der Waals surface area contributed by atoms with Crippen molar-refractivity contribution in [3.63, 3.8) is 0 Å². The zero-order valence-corrected chi connectivity index (χ0v) is 11.7. The Balaban J connectivity index is 2.00. The van der Waals surface area contributed by atoms with Crippen LogP contribution in [0, 0.1) is 5.92 Å². The van der Waals surface area contributed by atoms with Crippen molar-refractivity contribution in [2.45, 2.75) is 38.3 Å². The van der Waals surface area contributed by atoms with Crippen LogP contribution in [-0.4, -0.2) is 55.6 Å². The molecule has 2 N–H and O–H groups in total. The van der Waals surface area contributed by atoms with Crippen molar-refractivity contribution >= 4 is 16.2 Å². The molecule has 2 aliphatic rings. The van der Waals surface area contributed by atoms with Gasteiger partial charge in [-0.3, -0.25) is 4.79 Å². The van der Waals surface area contributed by atoms with Gasteiger partial charge in [0.1, 0.15) is 0 Å². The Bertz CT molecular complexity index is 438. The van der Waals surface area contributed by atoms with Crippen LogP contribution < -0.4 is 4.72 Å². The van der Waals surface area contributed by atoms with Crippen LogP contribution in [0.1, 0.15) is 26.2 Å². The molecule has 0 amide bonds. The second-order valence-electron chi connectivity index (χ2n) is 5.13. The highest BCUT2D eigenvalue weighted by Crippen LogP contribution is 2.20. The Morgan fingerprint density at radius 1 is 1.42 bits per heavy atom. The van der Waals surface area contributed by atoms with Crippen molar-refractivity contribution in [3.05, 3.63) is 0 Å². The summed E-state index contributed by atoms with van der Waals surface area (Å²) in [5.41, 5.74) is 0. The maximum atomic E-state index is 12.2. The molecular weight excluding hydrogens is 272 g/mol. The van der Waals surface area contributed by atoms with Gasteiger partial charge in [0, 0.05) is 19.7 Å². The van der Waals surface area contributed by atoms with Gasteiger partial charge in [0.2, 0.25) is 0 Å². The van der Waals surface area contributed by atoms with E-state index in [0.717, 1.165) is 0 Å². The quantitative estimate of drug-likeness (QED) is 0.748. The van der Waals surface area contributed by atoms with Crippen LogP contribution in [0.4, 0.5) is 0 Å². The highest BCUT2D eigenvalue weighted by molar-refractivity contribution is 7.87. The molecule has 0 spiro atoms. The van der Waals surface area contributed by atoms with Crippen LogP contribution in [0.3, 0.4) is 0 Å². The van der Waals surface area contributed by atoms with Gasteiger partial charge < -0.3 is 9.84 Å². The second kappa shape index (κ2) is 5.74. The first-order valence-corrected chi connectivity index (χ1v) is 7.96. The van der Waals surface area contributed by atoms with Gasteiger partial charge in [0.25, 0.3) is 10.2 Å². The SMILES string of the molecule is CC1OCCC1NS(=O)(=O)N1CCCC(C(=O)O)C1. The number of aliphatic carboxylic acids is 1. The zero-order valence-electron chi connectivity index (χ0n) is 10.9. The molecule has 3 unspecified atom stereocenters. The topological polar surface area (TPSA) is 95.9 Å². The summed E-state index contributed by atoms with van der Waals surface area (Å²) in [6.45, 7) is 2.80. The molecule has 7 nitrogen and oxygen atoms in total. The van der Waals surface area contributed by atoms with Crippen molar-refractivity contribution in [2.24, 2.45) is 5.92 Å². The third-order valence-electron chi connectivity index (χ3n) is 3.75. The standard InChI is InChI=1S/C11H20N2O5S/c1-8-10(4-6-18-8)12-19(16,17)13-5-2-3-9(7-13)11(14)15/h8-10,12H,2-7H2,1H3,(H,14,15). The van der Waals surface area contributed by atoms with E-state index < -0.39 is 22.1 Å². The molecule has 2 heterocycles. The molecule has 0 radical (unpaired) electrons. The smallest absolute Gasteiger partial charge is 0.307 e. The second-order valence-corrected chi connectivity index (χ2v) is 6.83. The lowest BCUT2D eigenvalue weighted by atomic mass is 10.0. The Labute approximate surface area is 113 Å². The summed E-state index contributed by atoms with van der Waals surface area (Å²) >= 11 is 0. The predicted molar refractivity (Wildman–Crippen MR) is 67.8 cm³/mol. The molecule has 19 heavy (non-hydrogen) atoms. The maximum Gasteiger partial charge on any atom is 0.307 e. The Morgan fingerprint density at radius 2 is 2.16 bits per heavy atom. The molecule has 2 rings (SSSR count). The molecule has 0 aromatic heterocycles. The summed E-state index contributed by atoms with van der Waals surface area (Å²) in [5.74, 6) is -1.54. The van der Waals surface area contributed by atoms with E-state index in [9.17, 15) is 13.2 Å². The van der Waals surface area contributed by atoms with Crippen molar-refractivity contribution in [2.75, 3.05) is 19.7 Å². The molecule has 0 aliphatic carbocycles. The average molecular weight is 292 g/mol. The fourth-order valence-corrected chi connectivity index (χ4v) is 4.10. The van der Waals surface area contributed by atoms with Gasteiger partial charge in [0.05, 0.1) is 18.1 Å². The van der Waals surface area contributed by atoms with Crippen LogP contribution in [0.15, 0.2) is 0 Å². The fourth-order valence-electron chi connectivity index (χ4n) is 2.51. The largest absolute Gasteiger partial charge is 0.481 e. The Hall–Kier alpha value is -0.700. The van der Waals surface area contributed by atoms with Gasteiger partial charge in [-0.1, -0.05) is 0 Å². The number of hydrogen-bond acceptors (Lipinski definition) is 4. The van der Waals surface area contributed by atoms with Crippen molar-refractivity contribution in [1.29, 1.82) is 0 Å². The van der Waals surface area contributed by atoms with E-state index >= 15 is 0 Å². The van der Waals surface area contributed by atoms with E-state index in [2.05, 4.69) is 4.72 Å². The average Bonchev–Trinajstić information content (AvgIpc) is 2.74. The molecule has 0 bridgehead atoms. The summed E-state index contributed by atoms with van der Waals surface area (Å²) in [6, 6.07) is -0.227. The molecule has 2 fully saturated rings. The number of nitrogens with zero attached hydrogens (tertiary/aromatic N) is 1. The Morgan fingerprint density at radius 3 is 2.74 bits per heavy atom. The number of carbonyl (C=O) groups is 1. The lowest BCUT2D eigenvalue weighted by Gasteiger charge is -2.31. The minimum absolute atomic E-state index is 0.0482. The first-order valence-electron chi connectivity index (χ1n) is 6.52. The van der Waals surface area contributed by atoms with Gasteiger partial charge in [-0.25, -0.2) is 0 Å². The lowest BCUT2D eigenvalue weighted by molar-refractivity contribution is -0.142. The predicted octanol–water partition coefficient (Wildman–Crippen LogP) is -0.205. The van der Waals surface area contributed by atoms with Crippen LogP contribution in [0.25, 0.3) is 0 Å². The highest BCUT2D eigenvalue weighted by atomic mass is 32.2. The molecule has 3 atom stereocenters. The minimum Gasteiger partial charge on any atom is -0.481 e. The summed E-state index contributed by atoms with van der Waals surface area (Å²) in [5, 5.41) is 8.99. The third kappa shape index (κ3) is 3.44. The van der Waals surface area contributed by atoms with E-state index in [1.807, 2.05) is 6.92 Å². The van der Waals surface area contributed by atoms with Crippen LogP contribution in [-0.2, 0) is 19.7 Å². The number of hydrogen-bond donors (Lipinski definition) is 2. The summed E-state index contributed by atoms with van der Waals surface area (Å²) < 4.78 is 33.6. The number of carboxylic acids is 1. The summed E-state index contributed by atoms with van der Waals surface area (Å²) in [6.07, 6.45) is 1.62. The number of ether oxygens (including phenoxy) is 1. The fraction of sp³-hybridized carbons (Fsp3) is 0.909. The van der Waals surface area contributed by atoms with Gasteiger partial charge in [-0.05, 0) is 26.2 Å². The normalized spacial score (nSPS) is 33.4. The van der Waals surface area contributed by atoms with E-state index in [0.29, 0.717) is 32.4 Å². The molecule has 110 valence electrons. The summed E-state index contributed by atoms with van der Waals surface area (Å²) in [7, 11) is -3.63. The van der Waals surface area contributed by atoms with Gasteiger partial charge in [-0.15, -0.1) is 0 Å². The van der Waals surface area contributed by atoms with Crippen molar-refractivity contribution < 1.29 is 23.1 Å². The molecule has 0 aromatic carbocycles. The highest BCUT2D eigenvalue weighted by Gasteiger charge is 2.35. The number of carboxylic acid groups (broad SMARTS) is 1. The molecule has 0 aromatic rings. The maximum absolute atomic E-state index is 12.2. The van der Waals surface area contributed by atoms with Crippen LogP contribution in [0.2, 0.25) is 0 Å². The van der Waals surface area contributed by atoms with Gasteiger partial charge in [-0.2, -0.15) is 17.4 Å². The number of piperidine rings is 1. The molecule has 2 aliphatic heterocycles. The molecular formula is C11H20N2O5S. The first-order chi connectivity index (χ1) is 8.90. The van der Waals surface area contributed by atoms with E-state index in [1.54, 1.807) is 0 Å². The van der Waals surface area contributed by atoms with Crippen molar-refractivity contribution in [1.82, 2.24) is 9.03 Å². The monoisotopic (exact) mass is 292 g/mol. The summed E-state index contributed by atoms with van der Waals surface area (Å²) in [4.78, 5) is 11.0. The van der Waals surface area contributed by atoms with E-state index in [-0.39, 0.29) is 18.7 Å². The van der Waals surface area contributed by atoms with Crippen molar-refractivity contribution in [3.8, 4) is 0 Å². The number of nitrogens with one attached hydrogen (secondary N) is 1. The molecule has 0 saturated carbocycles. The molecule has 2 saturated heterocycles. The Kier molecular flexibility index (Phi) is 4.44. The van der Waals surface area contributed by atoms with Crippen LogP contribution >= 0.6 is 0 Å². The lowest BCUT2D eigenvalue weighted by Crippen LogP contribution is -2.51. The third-order valence-corrected chi connectivity index (χ3v) is 5.36. The first kappa shape index (κ1) is 14.7.